The van der Waals surface area contributed by atoms with Gasteiger partial charge in [0.1, 0.15) is 0 Å². The molecule has 1 aromatic carbocycles. The molecule has 2 aromatic rings. The molecule has 6 nitrogen and oxygen atoms in total. The van der Waals surface area contributed by atoms with Crippen LogP contribution in [0, 0.1) is 0 Å². The fraction of sp³-hybridized carbons (Fsp3) is 0.312. The van der Waals surface area contributed by atoms with Crippen LogP contribution in [0.2, 0.25) is 0 Å². The van der Waals surface area contributed by atoms with E-state index in [1.165, 1.54) is 6.20 Å². The van der Waals surface area contributed by atoms with Crippen LogP contribution in [0.1, 0.15) is 5.69 Å². The number of benzene rings is 1. The van der Waals surface area contributed by atoms with Crippen LogP contribution < -0.4 is 10.6 Å². The highest BCUT2D eigenvalue weighted by atomic mass is 16.5. The van der Waals surface area contributed by atoms with Crippen molar-refractivity contribution in [2.45, 2.75) is 0 Å². The van der Waals surface area contributed by atoms with Gasteiger partial charge in [0.2, 0.25) is 0 Å². The number of nitrogens with two attached hydrogens (primary N) is 1. The Morgan fingerprint density at radius 1 is 1.32 bits per heavy atom. The van der Waals surface area contributed by atoms with E-state index in [1.54, 1.807) is 19.5 Å². The number of morpholine rings is 1. The van der Waals surface area contributed by atoms with Crippen molar-refractivity contribution in [1.82, 2.24) is 9.97 Å². The number of aliphatic imine (C=N–C) groups is 1. The zero-order valence-electron chi connectivity index (χ0n) is 12.6. The van der Waals surface area contributed by atoms with E-state index in [0.29, 0.717) is 0 Å². The van der Waals surface area contributed by atoms with Gasteiger partial charge in [-0.3, -0.25) is 9.98 Å². The lowest BCUT2D eigenvalue weighted by atomic mass is 10.2. The van der Waals surface area contributed by atoms with Crippen molar-refractivity contribution in [1.29, 1.82) is 0 Å². The average molecular weight is 297 g/mol. The second-order valence-corrected chi connectivity index (χ2v) is 5.04. The van der Waals surface area contributed by atoms with Crippen molar-refractivity contribution >= 4 is 28.5 Å². The smallest absolute Gasteiger partial charge is 0.0922 e. The third kappa shape index (κ3) is 2.92. The molecule has 0 saturated carbocycles. The predicted octanol–water partition coefficient (Wildman–Crippen LogP) is 1.47. The lowest BCUT2D eigenvalue weighted by Gasteiger charge is -2.28. The normalized spacial score (nSPS) is 16.6. The van der Waals surface area contributed by atoms with Gasteiger partial charge in [0.05, 0.1) is 36.1 Å². The van der Waals surface area contributed by atoms with E-state index in [-0.39, 0.29) is 0 Å². The van der Waals surface area contributed by atoms with Gasteiger partial charge in [0, 0.05) is 43.8 Å². The molecule has 6 heteroatoms. The molecule has 0 radical (unpaired) electrons. The van der Waals surface area contributed by atoms with Crippen LogP contribution >= 0.6 is 0 Å². The number of hydrogen-bond acceptors (Lipinski definition) is 6. The maximum atomic E-state index is 5.64. The minimum atomic E-state index is 0.722. The summed E-state index contributed by atoms with van der Waals surface area (Å²) in [6, 6.07) is 6.14. The van der Waals surface area contributed by atoms with Crippen LogP contribution in [0.3, 0.4) is 0 Å². The minimum Gasteiger partial charge on any atom is -0.404 e. The van der Waals surface area contributed by atoms with Crippen LogP contribution in [0.25, 0.3) is 16.6 Å². The molecule has 22 heavy (non-hydrogen) atoms. The number of nitrogens with zero attached hydrogens (tertiary/aromatic N) is 4. The first-order chi connectivity index (χ1) is 10.8. The lowest BCUT2D eigenvalue weighted by Crippen LogP contribution is -2.36. The molecule has 0 unspecified atom stereocenters. The first kappa shape index (κ1) is 14.5. The number of fused-ring (bicyclic) bond motifs is 1. The van der Waals surface area contributed by atoms with Gasteiger partial charge in [0.25, 0.3) is 0 Å². The summed E-state index contributed by atoms with van der Waals surface area (Å²) in [5, 5.41) is 0. The van der Waals surface area contributed by atoms with Crippen molar-refractivity contribution in [3.8, 4) is 0 Å². The number of hydrogen-bond donors (Lipinski definition) is 1. The third-order valence-electron chi connectivity index (χ3n) is 3.65. The Labute approximate surface area is 129 Å². The summed E-state index contributed by atoms with van der Waals surface area (Å²) in [4.78, 5) is 15.4. The SMILES string of the molecule is CN=CC(=CN)c1cnc2ccc(N3CCOCC3)cc2n1. The Bertz CT molecular complexity index is 720. The average Bonchev–Trinajstić information content (AvgIpc) is 2.59. The van der Waals surface area contributed by atoms with Gasteiger partial charge in [-0.05, 0) is 18.2 Å². The predicted molar refractivity (Wildman–Crippen MR) is 89.2 cm³/mol. The summed E-state index contributed by atoms with van der Waals surface area (Å²) in [6.07, 6.45) is 4.90. The second-order valence-electron chi connectivity index (χ2n) is 5.04. The number of ether oxygens (including phenoxy) is 1. The summed E-state index contributed by atoms with van der Waals surface area (Å²) < 4.78 is 5.40. The summed E-state index contributed by atoms with van der Waals surface area (Å²) in [5.41, 5.74) is 9.98. The van der Waals surface area contributed by atoms with E-state index < -0.39 is 0 Å². The molecule has 1 aliphatic heterocycles. The standard InChI is InChI=1S/C16H19N5O/c1-18-10-12(9-17)16-11-19-14-3-2-13(8-15(14)20-16)21-4-6-22-7-5-21/h2-3,8-11H,4-7,17H2,1H3. The van der Waals surface area contributed by atoms with Crippen molar-refractivity contribution in [2.75, 3.05) is 38.3 Å². The zero-order valence-corrected chi connectivity index (χ0v) is 12.6. The van der Waals surface area contributed by atoms with Crippen LogP contribution in [0.4, 0.5) is 5.69 Å². The highest BCUT2D eigenvalue weighted by Crippen LogP contribution is 2.22. The van der Waals surface area contributed by atoms with Crippen LogP contribution in [0.5, 0.6) is 0 Å². The Kier molecular flexibility index (Phi) is 4.29. The first-order valence-electron chi connectivity index (χ1n) is 7.26. The molecule has 0 atom stereocenters. The van der Waals surface area contributed by atoms with Gasteiger partial charge in [-0.2, -0.15) is 0 Å². The Balaban J connectivity index is 1.98. The second kappa shape index (κ2) is 6.53. The summed E-state index contributed by atoms with van der Waals surface area (Å²) in [6.45, 7) is 3.32. The number of anilines is 1. The molecule has 1 aliphatic rings. The minimum absolute atomic E-state index is 0.722. The van der Waals surface area contributed by atoms with Gasteiger partial charge in [0.15, 0.2) is 0 Å². The molecule has 0 aliphatic carbocycles. The van der Waals surface area contributed by atoms with E-state index in [4.69, 9.17) is 10.5 Å². The fourth-order valence-electron chi connectivity index (χ4n) is 2.49. The molecule has 1 aromatic heterocycles. The highest BCUT2D eigenvalue weighted by Gasteiger charge is 2.12. The monoisotopic (exact) mass is 297 g/mol. The van der Waals surface area contributed by atoms with E-state index in [0.717, 1.165) is 54.3 Å². The van der Waals surface area contributed by atoms with E-state index in [1.807, 2.05) is 6.07 Å². The quantitative estimate of drug-likeness (QED) is 0.868. The topological polar surface area (TPSA) is 76.6 Å². The summed E-state index contributed by atoms with van der Waals surface area (Å²) in [7, 11) is 1.70. The number of aromatic nitrogens is 2. The van der Waals surface area contributed by atoms with Crippen molar-refractivity contribution in [3.63, 3.8) is 0 Å². The van der Waals surface area contributed by atoms with E-state index in [9.17, 15) is 0 Å². The number of allylic oxidation sites excluding steroid dienone is 1. The largest absolute Gasteiger partial charge is 0.404 e. The zero-order chi connectivity index (χ0) is 15.4. The molecule has 0 amide bonds. The Morgan fingerprint density at radius 3 is 2.86 bits per heavy atom. The summed E-state index contributed by atoms with van der Waals surface area (Å²) >= 11 is 0. The summed E-state index contributed by atoms with van der Waals surface area (Å²) in [5.74, 6) is 0. The molecule has 0 bridgehead atoms. The fourth-order valence-corrected chi connectivity index (χ4v) is 2.49. The highest BCUT2D eigenvalue weighted by molar-refractivity contribution is 6.09. The van der Waals surface area contributed by atoms with Gasteiger partial charge < -0.3 is 15.4 Å². The molecule has 2 heterocycles. The molecular weight excluding hydrogens is 278 g/mol. The van der Waals surface area contributed by atoms with Crippen LogP contribution in [-0.2, 0) is 4.74 Å². The molecule has 3 rings (SSSR count). The maximum Gasteiger partial charge on any atom is 0.0922 e. The van der Waals surface area contributed by atoms with Gasteiger partial charge >= 0.3 is 0 Å². The van der Waals surface area contributed by atoms with Crippen LogP contribution in [-0.4, -0.2) is 49.5 Å². The molecule has 0 spiro atoms. The molecule has 114 valence electrons. The first-order valence-corrected chi connectivity index (χ1v) is 7.26. The van der Waals surface area contributed by atoms with Crippen molar-refractivity contribution in [2.24, 2.45) is 10.7 Å². The van der Waals surface area contributed by atoms with Gasteiger partial charge in [-0.15, -0.1) is 0 Å². The van der Waals surface area contributed by atoms with Gasteiger partial charge in [-0.25, -0.2) is 4.98 Å². The Morgan fingerprint density at radius 2 is 2.14 bits per heavy atom. The van der Waals surface area contributed by atoms with E-state index in [2.05, 4.69) is 32.0 Å². The third-order valence-corrected chi connectivity index (χ3v) is 3.65. The number of rotatable bonds is 3. The van der Waals surface area contributed by atoms with Crippen molar-refractivity contribution < 1.29 is 4.74 Å². The molecule has 1 fully saturated rings. The maximum absolute atomic E-state index is 5.64. The van der Waals surface area contributed by atoms with Crippen molar-refractivity contribution in [3.05, 3.63) is 36.3 Å². The Hall–Kier alpha value is -2.47. The van der Waals surface area contributed by atoms with E-state index >= 15 is 0 Å². The lowest BCUT2D eigenvalue weighted by molar-refractivity contribution is 0.122. The van der Waals surface area contributed by atoms with Gasteiger partial charge in [-0.1, -0.05) is 0 Å². The molecule has 2 N–H and O–H groups in total. The molecular formula is C16H19N5O. The van der Waals surface area contributed by atoms with Crippen LogP contribution in [0.15, 0.2) is 35.6 Å². The molecule has 1 saturated heterocycles.